The lowest BCUT2D eigenvalue weighted by atomic mass is 9.86. The number of rotatable bonds is 6. The van der Waals surface area contributed by atoms with Crippen molar-refractivity contribution in [1.82, 2.24) is 19.3 Å². The molecule has 0 N–H and O–H groups in total. The Morgan fingerprint density at radius 3 is 2.23 bits per heavy atom. The van der Waals surface area contributed by atoms with Gasteiger partial charge in [-0.1, -0.05) is 70.5 Å². The van der Waals surface area contributed by atoms with Crippen molar-refractivity contribution in [2.45, 2.75) is 66.7 Å². The van der Waals surface area contributed by atoms with E-state index in [1.54, 1.807) is 0 Å². The molecule has 4 aromatic carbocycles. The Morgan fingerprint density at radius 1 is 0.745 bits per heavy atom. The van der Waals surface area contributed by atoms with E-state index in [1.807, 2.05) is 17.1 Å². The van der Waals surface area contributed by atoms with E-state index < -0.39 is 0 Å². The van der Waals surface area contributed by atoms with E-state index in [9.17, 15) is 0 Å². The number of pyridine rings is 1. The molecule has 0 atom stereocenters. The van der Waals surface area contributed by atoms with Gasteiger partial charge in [-0.25, -0.2) is 9.67 Å². The molecule has 47 heavy (non-hydrogen) atoms. The summed E-state index contributed by atoms with van der Waals surface area (Å²) in [5.74, 6) is 2.86. The molecule has 3 aromatic heterocycles. The van der Waals surface area contributed by atoms with Gasteiger partial charge < -0.3 is 4.74 Å². The number of aryl methyl sites for hydroxylation is 3. The van der Waals surface area contributed by atoms with Gasteiger partial charge in [-0.15, -0.1) is 0 Å². The van der Waals surface area contributed by atoms with E-state index in [4.69, 9.17) is 14.8 Å². The zero-order valence-corrected chi connectivity index (χ0v) is 28.6. The molecule has 0 bridgehead atoms. The van der Waals surface area contributed by atoms with E-state index >= 15 is 0 Å². The Morgan fingerprint density at radius 2 is 1.49 bits per heavy atom. The molecule has 0 amide bonds. The summed E-state index contributed by atoms with van der Waals surface area (Å²) in [5, 5.41) is 7.18. The number of hydrogen-bond donors (Lipinski definition) is 0. The summed E-state index contributed by atoms with van der Waals surface area (Å²) in [4.78, 5) is 4.81. The SMILES string of the molecule is Cc1cc(C)c(-c2cnn(-c3cc(Oc4ccc5c6ccccc6n(-c6cc(C(C)C)ccn6)c5c4)cc(C(C)(C)C)c3)c2)c(C)c1. The van der Waals surface area contributed by atoms with Crippen LogP contribution in [-0.4, -0.2) is 19.3 Å². The van der Waals surface area contributed by atoms with Crippen LogP contribution in [0, 0.1) is 20.8 Å². The first-order valence-corrected chi connectivity index (χ1v) is 16.4. The number of fused-ring (bicyclic) bond motifs is 3. The van der Waals surface area contributed by atoms with Gasteiger partial charge in [0.25, 0.3) is 0 Å². The Hall–Kier alpha value is -5.16. The molecule has 5 nitrogen and oxygen atoms in total. The van der Waals surface area contributed by atoms with E-state index in [2.05, 4.69) is 151 Å². The number of benzene rings is 4. The van der Waals surface area contributed by atoms with Crippen molar-refractivity contribution in [3.63, 3.8) is 0 Å². The average molecular weight is 619 g/mol. The molecule has 5 heteroatoms. The van der Waals surface area contributed by atoms with Gasteiger partial charge >= 0.3 is 0 Å². The normalized spacial score (nSPS) is 12.0. The van der Waals surface area contributed by atoms with E-state index in [0.29, 0.717) is 5.92 Å². The first-order chi connectivity index (χ1) is 22.5. The number of ether oxygens (including phenoxy) is 1. The summed E-state index contributed by atoms with van der Waals surface area (Å²) in [7, 11) is 0. The Balaban J connectivity index is 1.32. The maximum Gasteiger partial charge on any atom is 0.137 e. The van der Waals surface area contributed by atoms with Crippen molar-refractivity contribution in [3.8, 4) is 34.1 Å². The zero-order chi connectivity index (χ0) is 33.0. The van der Waals surface area contributed by atoms with Crippen molar-refractivity contribution in [2.24, 2.45) is 0 Å². The summed E-state index contributed by atoms with van der Waals surface area (Å²) < 4.78 is 10.9. The van der Waals surface area contributed by atoms with Crippen LogP contribution < -0.4 is 4.74 Å². The Bertz CT molecular complexity index is 2260. The third kappa shape index (κ3) is 5.71. The molecule has 0 saturated heterocycles. The smallest absolute Gasteiger partial charge is 0.137 e. The summed E-state index contributed by atoms with van der Waals surface area (Å²) in [5.41, 5.74) is 11.6. The highest BCUT2D eigenvalue weighted by atomic mass is 16.5. The lowest BCUT2D eigenvalue weighted by Gasteiger charge is -2.21. The highest BCUT2D eigenvalue weighted by molar-refractivity contribution is 6.09. The molecule has 0 unspecified atom stereocenters. The number of aromatic nitrogens is 4. The van der Waals surface area contributed by atoms with Gasteiger partial charge in [0.1, 0.15) is 17.3 Å². The van der Waals surface area contributed by atoms with Crippen LogP contribution in [0.5, 0.6) is 11.5 Å². The standard InChI is InChI=1S/C42H42N4O/c1-26(2)30-15-16-43-40(19-30)46-38-12-10-9-11-36(38)37-14-13-34(23-39(37)46)47-35-21-32(42(6,7)8)20-33(22-35)45-25-31(24-44-45)41-28(4)17-27(3)18-29(41)5/h9-26H,1-8H3. The molecule has 7 rings (SSSR count). The lowest BCUT2D eigenvalue weighted by Crippen LogP contribution is -2.12. The number of nitrogens with zero attached hydrogens (tertiary/aromatic N) is 4. The van der Waals surface area contributed by atoms with Gasteiger partial charge in [0.05, 0.1) is 22.9 Å². The largest absolute Gasteiger partial charge is 0.457 e. The molecule has 0 fully saturated rings. The highest BCUT2D eigenvalue weighted by Crippen LogP contribution is 2.37. The summed E-state index contributed by atoms with van der Waals surface area (Å²) in [6.07, 6.45) is 6.00. The van der Waals surface area contributed by atoms with Crippen LogP contribution in [0.4, 0.5) is 0 Å². The van der Waals surface area contributed by atoms with E-state index in [1.165, 1.54) is 44.2 Å². The monoisotopic (exact) mass is 618 g/mol. The van der Waals surface area contributed by atoms with Crippen molar-refractivity contribution in [1.29, 1.82) is 0 Å². The topological polar surface area (TPSA) is 44.9 Å². The fourth-order valence-electron chi connectivity index (χ4n) is 6.75. The fraction of sp³-hybridized carbons (Fsp3) is 0.238. The van der Waals surface area contributed by atoms with E-state index in [-0.39, 0.29) is 5.41 Å². The lowest BCUT2D eigenvalue weighted by molar-refractivity contribution is 0.478. The average Bonchev–Trinajstić information content (AvgIpc) is 3.63. The van der Waals surface area contributed by atoms with Crippen LogP contribution in [0.25, 0.3) is 44.4 Å². The minimum atomic E-state index is -0.0856. The molecule has 0 radical (unpaired) electrons. The second-order valence-corrected chi connectivity index (χ2v) is 14.1. The molecule has 0 saturated carbocycles. The van der Waals surface area contributed by atoms with Crippen molar-refractivity contribution >= 4 is 21.8 Å². The molecule has 0 aliphatic heterocycles. The van der Waals surface area contributed by atoms with Crippen LogP contribution in [-0.2, 0) is 5.41 Å². The quantitative estimate of drug-likeness (QED) is 0.186. The molecule has 0 aliphatic carbocycles. The summed E-state index contributed by atoms with van der Waals surface area (Å²) in [6, 6.07) is 30.1. The molecule has 0 aliphatic rings. The van der Waals surface area contributed by atoms with Crippen molar-refractivity contribution < 1.29 is 4.74 Å². The molecule has 7 aromatic rings. The summed E-state index contributed by atoms with van der Waals surface area (Å²) in [6.45, 7) is 17.6. The second-order valence-electron chi connectivity index (χ2n) is 14.1. The van der Waals surface area contributed by atoms with Crippen LogP contribution in [0.2, 0.25) is 0 Å². The van der Waals surface area contributed by atoms with Gasteiger partial charge in [-0.2, -0.15) is 5.10 Å². The molecular weight excluding hydrogens is 576 g/mol. The predicted molar refractivity (Wildman–Crippen MR) is 195 cm³/mol. The minimum absolute atomic E-state index is 0.0856. The van der Waals surface area contributed by atoms with Crippen LogP contribution in [0.15, 0.2) is 104 Å². The van der Waals surface area contributed by atoms with Gasteiger partial charge in [0.15, 0.2) is 0 Å². The molecule has 0 spiro atoms. The number of hydrogen-bond acceptors (Lipinski definition) is 3. The highest BCUT2D eigenvalue weighted by Gasteiger charge is 2.19. The van der Waals surface area contributed by atoms with Crippen LogP contribution in [0.1, 0.15) is 68.4 Å². The van der Waals surface area contributed by atoms with Crippen molar-refractivity contribution in [3.05, 3.63) is 131 Å². The Labute approximate surface area is 277 Å². The third-order valence-corrected chi connectivity index (χ3v) is 9.12. The zero-order valence-electron chi connectivity index (χ0n) is 28.6. The van der Waals surface area contributed by atoms with E-state index in [0.717, 1.165) is 39.6 Å². The van der Waals surface area contributed by atoms with Crippen LogP contribution in [0.3, 0.4) is 0 Å². The van der Waals surface area contributed by atoms with Crippen molar-refractivity contribution in [2.75, 3.05) is 0 Å². The fourth-order valence-corrected chi connectivity index (χ4v) is 6.75. The van der Waals surface area contributed by atoms with Gasteiger partial charge in [-0.05, 0) is 102 Å². The molecular formula is C42H42N4O. The summed E-state index contributed by atoms with van der Waals surface area (Å²) >= 11 is 0. The first kappa shape index (κ1) is 30.5. The maximum absolute atomic E-state index is 6.70. The van der Waals surface area contributed by atoms with Gasteiger partial charge in [0, 0.05) is 40.9 Å². The number of para-hydroxylation sites is 1. The predicted octanol–water partition coefficient (Wildman–Crippen LogP) is 11.2. The van der Waals surface area contributed by atoms with Crippen LogP contribution >= 0.6 is 0 Å². The maximum atomic E-state index is 6.70. The van der Waals surface area contributed by atoms with Gasteiger partial charge in [-0.3, -0.25) is 4.57 Å². The molecule has 236 valence electrons. The third-order valence-electron chi connectivity index (χ3n) is 9.12. The molecule has 3 heterocycles. The van der Waals surface area contributed by atoms with Gasteiger partial charge in [0.2, 0.25) is 0 Å². The second kappa shape index (κ2) is 11.6. The Kier molecular flexibility index (Phi) is 7.51. The first-order valence-electron chi connectivity index (χ1n) is 16.4. The minimum Gasteiger partial charge on any atom is -0.457 e.